The lowest BCUT2D eigenvalue weighted by Crippen LogP contribution is -2.36. The van der Waals surface area contributed by atoms with Crippen molar-refractivity contribution in [1.29, 1.82) is 0 Å². The number of hydrogen-bond donors (Lipinski definition) is 2. The summed E-state index contributed by atoms with van der Waals surface area (Å²) in [6, 6.07) is 17.3. The predicted molar refractivity (Wildman–Crippen MR) is 104 cm³/mol. The van der Waals surface area contributed by atoms with Gasteiger partial charge in [0.25, 0.3) is 0 Å². The van der Waals surface area contributed by atoms with Crippen molar-refractivity contribution >= 4 is 18.3 Å². The number of ether oxygens (including phenoxy) is 1. The molecule has 0 bridgehead atoms. The van der Waals surface area contributed by atoms with Crippen molar-refractivity contribution in [2.75, 3.05) is 6.54 Å². The van der Waals surface area contributed by atoms with Gasteiger partial charge in [-0.3, -0.25) is 4.79 Å². The molecule has 0 aromatic heterocycles. The first-order valence-corrected chi connectivity index (χ1v) is 8.39. The smallest absolute Gasteiger partial charge is 0.222 e. The molecular weight excluding hydrogens is 336 g/mol. The first-order valence-electron chi connectivity index (χ1n) is 8.39. The molecule has 3 N–H and O–H groups in total. The van der Waals surface area contributed by atoms with Crippen molar-refractivity contribution in [3.63, 3.8) is 0 Å². The maximum Gasteiger partial charge on any atom is 0.222 e. The van der Waals surface area contributed by atoms with E-state index in [0.717, 1.165) is 23.3 Å². The molecule has 1 amide bonds. The summed E-state index contributed by atoms with van der Waals surface area (Å²) in [6.45, 7) is 4.55. The van der Waals surface area contributed by atoms with Gasteiger partial charge in [0.2, 0.25) is 5.91 Å². The fourth-order valence-corrected chi connectivity index (χ4v) is 2.47. The third-order valence-corrected chi connectivity index (χ3v) is 3.91. The molecule has 2 atom stereocenters. The Kier molecular flexibility index (Phi) is 9.03. The first-order chi connectivity index (χ1) is 11.6. The van der Waals surface area contributed by atoms with Gasteiger partial charge in [-0.1, -0.05) is 49.4 Å². The van der Waals surface area contributed by atoms with Crippen LogP contribution in [0.4, 0.5) is 0 Å². The molecule has 136 valence electrons. The van der Waals surface area contributed by atoms with Gasteiger partial charge in [0, 0.05) is 12.5 Å². The van der Waals surface area contributed by atoms with Crippen LogP contribution in [0.3, 0.4) is 0 Å². The molecule has 4 nitrogen and oxygen atoms in total. The van der Waals surface area contributed by atoms with E-state index in [1.807, 2.05) is 68.4 Å². The standard InChI is InChI=1S/C20H26N2O2.ClH/c1-3-17(24-18-11-7-8-15(2)12-18)14-22-20(23)13-19(21)16-9-5-4-6-10-16;/h4-12,17,19H,3,13-14,21H2,1-2H3,(H,22,23);1H. The van der Waals surface area contributed by atoms with E-state index in [-0.39, 0.29) is 36.9 Å². The number of aryl methyl sites for hydroxylation is 1. The molecule has 5 heteroatoms. The summed E-state index contributed by atoms with van der Waals surface area (Å²) < 4.78 is 5.94. The Hall–Kier alpha value is -2.04. The Bertz CT molecular complexity index is 649. The third kappa shape index (κ3) is 7.16. The molecule has 2 unspecified atom stereocenters. The Morgan fingerprint density at radius 1 is 1.16 bits per heavy atom. The molecule has 0 radical (unpaired) electrons. The van der Waals surface area contributed by atoms with Crippen LogP contribution in [0.2, 0.25) is 0 Å². The van der Waals surface area contributed by atoms with Gasteiger partial charge in [-0.15, -0.1) is 12.4 Å². The molecule has 0 spiro atoms. The number of nitrogens with one attached hydrogen (secondary N) is 1. The summed E-state index contributed by atoms with van der Waals surface area (Å²) in [5, 5.41) is 2.93. The molecule has 0 aliphatic carbocycles. The van der Waals surface area contributed by atoms with Crippen LogP contribution in [-0.4, -0.2) is 18.6 Å². The van der Waals surface area contributed by atoms with Crippen LogP contribution in [0, 0.1) is 6.92 Å². The summed E-state index contributed by atoms with van der Waals surface area (Å²) in [5.41, 5.74) is 8.20. The monoisotopic (exact) mass is 362 g/mol. The molecule has 25 heavy (non-hydrogen) atoms. The minimum absolute atomic E-state index is 0. The molecule has 2 aromatic carbocycles. The highest BCUT2D eigenvalue weighted by Crippen LogP contribution is 2.16. The first kappa shape index (κ1) is 21.0. The second-order valence-electron chi connectivity index (χ2n) is 5.99. The number of halogens is 1. The van der Waals surface area contributed by atoms with E-state index in [2.05, 4.69) is 5.32 Å². The molecule has 0 heterocycles. The average Bonchev–Trinajstić information content (AvgIpc) is 2.59. The van der Waals surface area contributed by atoms with Crippen LogP contribution >= 0.6 is 12.4 Å². The van der Waals surface area contributed by atoms with Gasteiger partial charge in [0.1, 0.15) is 11.9 Å². The summed E-state index contributed by atoms with van der Waals surface area (Å²) >= 11 is 0. The van der Waals surface area contributed by atoms with E-state index in [0.29, 0.717) is 6.54 Å². The fourth-order valence-electron chi connectivity index (χ4n) is 2.47. The number of benzene rings is 2. The lowest BCUT2D eigenvalue weighted by atomic mass is 10.0. The molecule has 0 saturated heterocycles. The molecular formula is C20H27ClN2O2. The minimum atomic E-state index is -0.288. The van der Waals surface area contributed by atoms with Crippen molar-refractivity contribution in [2.24, 2.45) is 5.73 Å². The van der Waals surface area contributed by atoms with Crippen molar-refractivity contribution in [3.8, 4) is 5.75 Å². The normalized spacial score (nSPS) is 12.6. The van der Waals surface area contributed by atoms with Gasteiger partial charge in [-0.2, -0.15) is 0 Å². The SMILES string of the molecule is CCC(CNC(=O)CC(N)c1ccccc1)Oc1cccc(C)c1.Cl. The fraction of sp³-hybridized carbons (Fsp3) is 0.350. The van der Waals surface area contributed by atoms with Crippen LogP contribution in [-0.2, 0) is 4.79 Å². The van der Waals surface area contributed by atoms with Gasteiger partial charge < -0.3 is 15.8 Å². The Morgan fingerprint density at radius 2 is 1.88 bits per heavy atom. The molecule has 0 aliphatic rings. The van der Waals surface area contributed by atoms with Crippen LogP contribution in [0.25, 0.3) is 0 Å². The second kappa shape index (κ2) is 10.7. The van der Waals surface area contributed by atoms with Gasteiger partial charge >= 0.3 is 0 Å². The predicted octanol–water partition coefficient (Wildman–Crippen LogP) is 3.78. The summed E-state index contributed by atoms with van der Waals surface area (Å²) in [5.74, 6) is 0.773. The highest BCUT2D eigenvalue weighted by atomic mass is 35.5. The molecule has 0 aliphatic heterocycles. The highest BCUT2D eigenvalue weighted by Gasteiger charge is 2.14. The van der Waals surface area contributed by atoms with Crippen molar-refractivity contribution in [2.45, 2.75) is 38.8 Å². The van der Waals surface area contributed by atoms with Crippen LogP contribution in [0.5, 0.6) is 5.75 Å². The number of carbonyl (C=O) groups is 1. The van der Waals surface area contributed by atoms with Crippen molar-refractivity contribution in [3.05, 3.63) is 65.7 Å². The minimum Gasteiger partial charge on any atom is -0.489 e. The van der Waals surface area contributed by atoms with Crippen molar-refractivity contribution < 1.29 is 9.53 Å². The van der Waals surface area contributed by atoms with E-state index < -0.39 is 0 Å². The number of nitrogens with two attached hydrogens (primary N) is 1. The third-order valence-electron chi connectivity index (χ3n) is 3.91. The summed E-state index contributed by atoms with van der Waals surface area (Å²) in [7, 11) is 0. The second-order valence-corrected chi connectivity index (χ2v) is 5.99. The van der Waals surface area contributed by atoms with Crippen LogP contribution in [0.15, 0.2) is 54.6 Å². The number of carbonyl (C=O) groups excluding carboxylic acids is 1. The van der Waals surface area contributed by atoms with E-state index in [9.17, 15) is 4.79 Å². The quantitative estimate of drug-likeness (QED) is 0.751. The summed E-state index contributed by atoms with van der Waals surface area (Å²) in [6.07, 6.45) is 1.04. The Morgan fingerprint density at radius 3 is 2.52 bits per heavy atom. The van der Waals surface area contributed by atoms with E-state index in [1.54, 1.807) is 0 Å². The average molecular weight is 363 g/mol. The molecule has 0 fully saturated rings. The van der Waals surface area contributed by atoms with Crippen molar-refractivity contribution in [1.82, 2.24) is 5.32 Å². The Labute approximate surface area is 156 Å². The topological polar surface area (TPSA) is 64.4 Å². The number of hydrogen-bond acceptors (Lipinski definition) is 3. The molecule has 0 saturated carbocycles. The maximum atomic E-state index is 12.1. The zero-order valence-electron chi connectivity index (χ0n) is 14.8. The molecule has 2 aromatic rings. The van der Waals surface area contributed by atoms with Gasteiger partial charge in [0.05, 0.1) is 6.54 Å². The lowest BCUT2D eigenvalue weighted by Gasteiger charge is -2.19. The number of rotatable bonds is 8. The van der Waals surface area contributed by atoms with Gasteiger partial charge in [-0.25, -0.2) is 0 Å². The maximum absolute atomic E-state index is 12.1. The zero-order chi connectivity index (χ0) is 17.4. The summed E-state index contributed by atoms with van der Waals surface area (Å²) in [4.78, 5) is 12.1. The largest absolute Gasteiger partial charge is 0.489 e. The molecule has 2 rings (SSSR count). The lowest BCUT2D eigenvalue weighted by molar-refractivity contribution is -0.121. The van der Waals surface area contributed by atoms with Crippen LogP contribution in [0.1, 0.15) is 36.9 Å². The van der Waals surface area contributed by atoms with Gasteiger partial charge in [0.15, 0.2) is 0 Å². The highest BCUT2D eigenvalue weighted by molar-refractivity contribution is 5.85. The number of amides is 1. The Balaban J connectivity index is 0.00000312. The van der Waals surface area contributed by atoms with Crippen LogP contribution < -0.4 is 15.8 Å². The van der Waals surface area contributed by atoms with Gasteiger partial charge in [-0.05, 0) is 36.6 Å². The van der Waals surface area contributed by atoms with E-state index in [1.165, 1.54) is 0 Å². The zero-order valence-corrected chi connectivity index (χ0v) is 15.6. The van der Waals surface area contributed by atoms with E-state index >= 15 is 0 Å². The van der Waals surface area contributed by atoms with E-state index in [4.69, 9.17) is 10.5 Å².